The van der Waals surface area contributed by atoms with Crippen LogP contribution in [-0.4, -0.2) is 30.5 Å². The van der Waals surface area contributed by atoms with Crippen LogP contribution in [0.3, 0.4) is 0 Å². The second-order valence-corrected chi connectivity index (χ2v) is 4.42. The van der Waals surface area contributed by atoms with E-state index in [-0.39, 0.29) is 23.5 Å². The molecule has 0 spiro atoms. The summed E-state index contributed by atoms with van der Waals surface area (Å²) in [5, 5.41) is 3.42. The van der Waals surface area contributed by atoms with E-state index in [1.807, 2.05) is 0 Å². The number of amidine groups is 1. The third kappa shape index (κ3) is 2.55. The van der Waals surface area contributed by atoms with Gasteiger partial charge in [-0.2, -0.15) is 0 Å². The smallest absolute Gasteiger partial charge is 0.332 e. The number of nitrogens with zero attached hydrogens (tertiary/aromatic N) is 5. The Balaban J connectivity index is 2.53. The highest BCUT2D eigenvalue weighted by molar-refractivity contribution is 5.82. The lowest BCUT2D eigenvalue weighted by Gasteiger charge is -2.06. The molecule has 0 aliphatic carbocycles. The number of oxime groups is 1. The fraction of sp³-hybridized carbons (Fsp3) is 0.364. The second kappa shape index (κ2) is 5.23. The summed E-state index contributed by atoms with van der Waals surface area (Å²) in [4.78, 5) is 43.0. The molecule has 0 fully saturated rings. The summed E-state index contributed by atoms with van der Waals surface area (Å²) in [7, 11) is 2.88. The molecule has 0 aromatic carbocycles. The fourth-order valence-corrected chi connectivity index (χ4v) is 1.84. The van der Waals surface area contributed by atoms with Crippen molar-refractivity contribution in [1.82, 2.24) is 18.7 Å². The molecule has 2 aromatic rings. The molecule has 0 bridgehead atoms. The zero-order valence-corrected chi connectivity index (χ0v) is 11.7. The number of aryl methyl sites for hydroxylation is 1. The molecule has 0 radical (unpaired) electrons. The predicted molar refractivity (Wildman–Crippen MR) is 73.6 cm³/mol. The largest absolute Gasteiger partial charge is 0.383 e. The maximum atomic E-state index is 12.2. The van der Waals surface area contributed by atoms with E-state index >= 15 is 0 Å². The van der Waals surface area contributed by atoms with Crippen LogP contribution >= 0.6 is 0 Å². The van der Waals surface area contributed by atoms with Crippen LogP contribution in [0.5, 0.6) is 0 Å². The van der Waals surface area contributed by atoms with Gasteiger partial charge >= 0.3 is 11.7 Å². The van der Waals surface area contributed by atoms with E-state index in [0.29, 0.717) is 0 Å². The summed E-state index contributed by atoms with van der Waals surface area (Å²) < 4.78 is 3.66. The highest BCUT2D eigenvalue weighted by atomic mass is 16.7. The fourth-order valence-electron chi connectivity index (χ4n) is 1.84. The Morgan fingerprint density at radius 3 is 2.67 bits per heavy atom. The number of aromatic nitrogens is 4. The summed E-state index contributed by atoms with van der Waals surface area (Å²) in [6, 6.07) is 0. The first-order valence-corrected chi connectivity index (χ1v) is 5.93. The molecule has 2 rings (SSSR count). The van der Waals surface area contributed by atoms with E-state index in [1.165, 1.54) is 36.5 Å². The standard InChI is InChI=1S/C11H14N6O4/c1-6(18)21-14-7(12)4-17-5-13-9-8(17)10(19)16(3)11(20)15(9)2/h5H,4H2,1-3H3,(H2,12,14). The predicted octanol–water partition coefficient (Wildman–Crippen LogP) is -1.73. The summed E-state index contributed by atoms with van der Waals surface area (Å²) >= 11 is 0. The molecule has 0 amide bonds. The van der Waals surface area contributed by atoms with Crippen LogP contribution in [0.2, 0.25) is 0 Å². The Bertz CT molecular complexity index is 856. The Kier molecular flexibility index (Phi) is 3.61. The van der Waals surface area contributed by atoms with Crippen molar-refractivity contribution in [2.45, 2.75) is 13.5 Å². The first-order chi connectivity index (χ1) is 9.82. The number of fused-ring (bicyclic) bond motifs is 1. The minimum absolute atomic E-state index is 0.00275. The van der Waals surface area contributed by atoms with Crippen molar-refractivity contribution >= 4 is 23.0 Å². The van der Waals surface area contributed by atoms with E-state index in [0.717, 1.165) is 4.57 Å². The molecule has 2 N–H and O–H groups in total. The van der Waals surface area contributed by atoms with E-state index in [4.69, 9.17) is 5.73 Å². The molecule has 0 aliphatic rings. The Hall–Kier alpha value is -2.91. The second-order valence-electron chi connectivity index (χ2n) is 4.42. The number of nitrogens with two attached hydrogens (primary N) is 1. The van der Waals surface area contributed by atoms with Crippen LogP contribution in [0.15, 0.2) is 21.1 Å². The van der Waals surface area contributed by atoms with Crippen molar-refractivity contribution in [3.05, 3.63) is 27.2 Å². The molecule has 10 nitrogen and oxygen atoms in total. The lowest BCUT2D eigenvalue weighted by Crippen LogP contribution is -2.38. The third-order valence-electron chi connectivity index (χ3n) is 2.84. The van der Waals surface area contributed by atoms with E-state index < -0.39 is 17.2 Å². The monoisotopic (exact) mass is 294 g/mol. The van der Waals surface area contributed by atoms with Gasteiger partial charge in [0.1, 0.15) is 0 Å². The van der Waals surface area contributed by atoms with Crippen molar-refractivity contribution in [3.8, 4) is 0 Å². The normalized spacial score (nSPS) is 11.9. The van der Waals surface area contributed by atoms with Crippen molar-refractivity contribution in [2.24, 2.45) is 25.0 Å². The molecular formula is C11H14N6O4. The molecule has 2 aromatic heterocycles. The SMILES string of the molecule is CC(=O)ON=C(N)Cn1cnc2c1c(=O)n(C)c(=O)n2C. The summed E-state index contributed by atoms with van der Waals surface area (Å²) in [5.41, 5.74) is 5.09. The number of hydrogen-bond acceptors (Lipinski definition) is 6. The molecule has 0 saturated heterocycles. The van der Waals surface area contributed by atoms with E-state index in [1.54, 1.807) is 0 Å². The van der Waals surface area contributed by atoms with Crippen LogP contribution in [-0.2, 0) is 30.3 Å². The van der Waals surface area contributed by atoms with Gasteiger partial charge in [0.15, 0.2) is 17.0 Å². The highest BCUT2D eigenvalue weighted by Gasteiger charge is 2.14. The number of carbonyl (C=O) groups is 1. The van der Waals surface area contributed by atoms with Crippen LogP contribution in [0.1, 0.15) is 6.92 Å². The van der Waals surface area contributed by atoms with Gasteiger partial charge in [-0.25, -0.2) is 14.6 Å². The topological polar surface area (TPSA) is 126 Å². The summed E-state index contributed by atoms with van der Waals surface area (Å²) in [5.74, 6) is -0.618. The minimum atomic E-state index is -0.605. The molecule has 0 saturated carbocycles. The minimum Gasteiger partial charge on any atom is -0.383 e. The van der Waals surface area contributed by atoms with E-state index in [2.05, 4.69) is 15.0 Å². The molecule has 112 valence electrons. The Morgan fingerprint density at radius 2 is 2.05 bits per heavy atom. The Morgan fingerprint density at radius 1 is 1.38 bits per heavy atom. The van der Waals surface area contributed by atoms with Gasteiger partial charge in [0.25, 0.3) is 5.56 Å². The average molecular weight is 294 g/mol. The summed E-state index contributed by atoms with van der Waals surface area (Å²) in [6.07, 6.45) is 1.36. The quantitative estimate of drug-likeness (QED) is 0.310. The molecule has 0 aliphatic heterocycles. The lowest BCUT2D eigenvalue weighted by molar-refractivity contribution is -0.140. The van der Waals surface area contributed by atoms with Crippen LogP contribution < -0.4 is 17.0 Å². The van der Waals surface area contributed by atoms with Gasteiger partial charge in [0.05, 0.1) is 12.9 Å². The molecule has 21 heavy (non-hydrogen) atoms. The van der Waals surface area contributed by atoms with Crippen molar-refractivity contribution < 1.29 is 9.63 Å². The molecule has 2 heterocycles. The van der Waals surface area contributed by atoms with Gasteiger partial charge in [0, 0.05) is 21.0 Å². The van der Waals surface area contributed by atoms with Gasteiger partial charge in [0.2, 0.25) is 0 Å². The average Bonchev–Trinajstić information content (AvgIpc) is 2.84. The van der Waals surface area contributed by atoms with E-state index in [9.17, 15) is 14.4 Å². The number of rotatable bonds is 3. The zero-order chi connectivity index (χ0) is 15.7. The molecule has 10 heteroatoms. The molecular weight excluding hydrogens is 280 g/mol. The van der Waals surface area contributed by atoms with Gasteiger partial charge in [-0.15, -0.1) is 0 Å². The first-order valence-electron chi connectivity index (χ1n) is 5.93. The number of hydrogen-bond donors (Lipinski definition) is 1. The Labute approximate surface area is 118 Å². The van der Waals surface area contributed by atoms with Gasteiger partial charge in [-0.05, 0) is 0 Å². The van der Waals surface area contributed by atoms with Crippen LogP contribution in [0, 0.1) is 0 Å². The van der Waals surface area contributed by atoms with Crippen molar-refractivity contribution in [2.75, 3.05) is 0 Å². The first kappa shape index (κ1) is 14.5. The highest BCUT2D eigenvalue weighted by Crippen LogP contribution is 2.05. The maximum absolute atomic E-state index is 12.2. The molecule has 0 atom stereocenters. The third-order valence-corrected chi connectivity index (χ3v) is 2.84. The van der Waals surface area contributed by atoms with Crippen molar-refractivity contribution in [1.29, 1.82) is 0 Å². The lowest BCUT2D eigenvalue weighted by atomic mass is 10.4. The van der Waals surface area contributed by atoms with Gasteiger partial charge in [-0.1, -0.05) is 5.16 Å². The van der Waals surface area contributed by atoms with Gasteiger partial charge < -0.3 is 15.1 Å². The number of carbonyl (C=O) groups excluding carboxylic acids is 1. The summed E-state index contributed by atoms with van der Waals surface area (Å²) in [6.45, 7) is 1.19. The molecule has 0 unspecified atom stereocenters. The maximum Gasteiger partial charge on any atom is 0.332 e. The van der Waals surface area contributed by atoms with Crippen LogP contribution in [0.25, 0.3) is 11.2 Å². The van der Waals surface area contributed by atoms with Crippen molar-refractivity contribution in [3.63, 3.8) is 0 Å². The number of imidazole rings is 1. The zero-order valence-electron chi connectivity index (χ0n) is 11.7. The van der Waals surface area contributed by atoms with Crippen LogP contribution in [0.4, 0.5) is 0 Å². The van der Waals surface area contributed by atoms with Gasteiger partial charge in [-0.3, -0.25) is 13.9 Å².